The molecule has 0 spiro atoms. The topological polar surface area (TPSA) is 85.3 Å². The number of nitrogens with one attached hydrogen (secondary N) is 1. The zero-order valence-electron chi connectivity index (χ0n) is 13.9. The normalized spacial score (nSPS) is 12.7. The Bertz CT molecular complexity index is 1030. The molecule has 3 aromatic rings. The van der Waals surface area contributed by atoms with Crippen molar-refractivity contribution in [2.24, 2.45) is 5.73 Å². The maximum absolute atomic E-state index is 13.1. The van der Waals surface area contributed by atoms with Crippen LogP contribution in [-0.2, 0) is 17.4 Å². The standard InChI is InChI=1S/C19H15F3N2O3/c20-19(21,22)14-10-17(25)27-16-9-12(6-7-13(14)16)24-18(26)15(23)8-11-4-2-1-3-5-11/h1-7,9-10,15H,8,23H2,(H,24,26)/t15-/m1/s1. The fourth-order valence-electron chi connectivity index (χ4n) is 2.67. The monoisotopic (exact) mass is 376 g/mol. The maximum atomic E-state index is 13.1. The fraction of sp³-hybridized carbons (Fsp3) is 0.158. The lowest BCUT2D eigenvalue weighted by Gasteiger charge is -2.13. The summed E-state index contributed by atoms with van der Waals surface area (Å²) in [6.45, 7) is 0. The van der Waals surface area contributed by atoms with Crippen LogP contribution in [0, 0.1) is 0 Å². The van der Waals surface area contributed by atoms with Gasteiger partial charge < -0.3 is 15.5 Å². The molecule has 0 aliphatic rings. The lowest BCUT2D eigenvalue weighted by molar-refractivity contribution is -0.136. The van der Waals surface area contributed by atoms with Crippen LogP contribution in [0.25, 0.3) is 11.0 Å². The Kier molecular flexibility index (Phi) is 5.00. The number of hydrogen-bond donors (Lipinski definition) is 2. The van der Waals surface area contributed by atoms with Gasteiger partial charge in [0.1, 0.15) is 5.58 Å². The highest BCUT2D eigenvalue weighted by Crippen LogP contribution is 2.34. The van der Waals surface area contributed by atoms with E-state index in [1.807, 2.05) is 30.3 Å². The van der Waals surface area contributed by atoms with Gasteiger partial charge in [0.15, 0.2) is 0 Å². The van der Waals surface area contributed by atoms with E-state index in [4.69, 9.17) is 10.2 Å². The molecule has 0 radical (unpaired) electrons. The number of anilines is 1. The average Bonchev–Trinajstić information content (AvgIpc) is 2.60. The largest absolute Gasteiger partial charge is 0.423 e. The fourth-order valence-corrected chi connectivity index (χ4v) is 2.67. The number of hydrogen-bond acceptors (Lipinski definition) is 4. The van der Waals surface area contributed by atoms with Crippen molar-refractivity contribution < 1.29 is 22.4 Å². The summed E-state index contributed by atoms with van der Waals surface area (Å²) in [6.07, 6.45) is -4.40. The molecule has 0 saturated carbocycles. The molecule has 0 fully saturated rings. The van der Waals surface area contributed by atoms with Gasteiger partial charge >= 0.3 is 11.8 Å². The van der Waals surface area contributed by atoms with Gasteiger partial charge in [-0.05, 0) is 24.1 Å². The molecule has 5 nitrogen and oxygen atoms in total. The molecule has 3 rings (SSSR count). The molecule has 8 heteroatoms. The van der Waals surface area contributed by atoms with E-state index in [2.05, 4.69) is 5.32 Å². The van der Waals surface area contributed by atoms with E-state index in [-0.39, 0.29) is 16.7 Å². The minimum absolute atomic E-state index is 0.179. The number of amides is 1. The van der Waals surface area contributed by atoms with E-state index in [0.29, 0.717) is 12.5 Å². The van der Waals surface area contributed by atoms with Gasteiger partial charge in [0.25, 0.3) is 0 Å². The first-order valence-corrected chi connectivity index (χ1v) is 7.99. The van der Waals surface area contributed by atoms with Gasteiger partial charge in [-0.3, -0.25) is 4.79 Å². The number of nitrogens with two attached hydrogens (primary N) is 1. The highest BCUT2D eigenvalue weighted by molar-refractivity contribution is 5.96. The molecular formula is C19H15F3N2O3. The van der Waals surface area contributed by atoms with Crippen LogP contribution in [-0.4, -0.2) is 11.9 Å². The first-order valence-electron chi connectivity index (χ1n) is 7.99. The second kappa shape index (κ2) is 7.24. The van der Waals surface area contributed by atoms with E-state index < -0.39 is 29.3 Å². The number of benzene rings is 2. The van der Waals surface area contributed by atoms with Crippen LogP contribution in [0.5, 0.6) is 0 Å². The number of alkyl halides is 3. The molecule has 27 heavy (non-hydrogen) atoms. The maximum Gasteiger partial charge on any atom is 0.417 e. The number of halogens is 3. The Balaban J connectivity index is 1.83. The van der Waals surface area contributed by atoms with Crippen LogP contribution < -0.4 is 16.7 Å². The van der Waals surface area contributed by atoms with Gasteiger partial charge in [-0.1, -0.05) is 30.3 Å². The summed E-state index contributed by atoms with van der Waals surface area (Å²) >= 11 is 0. The molecule has 0 aliphatic heterocycles. The highest BCUT2D eigenvalue weighted by atomic mass is 19.4. The van der Waals surface area contributed by atoms with Crippen molar-refractivity contribution in [3.05, 3.63) is 76.1 Å². The predicted octanol–water partition coefficient (Wildman–Crippen LogP) is 3.32. The van der Waals surface area contributed by atoms with Gasteiger partial charge in [-0.2, -0.15) is 13.2 Å². The molecule has 2 aromatic carbocycles. The van der Waals surface area contributed by atoms with Gasteiger partial charge in [0.2, 0.25) is 5.91 Å². The first kappa shape index (κ1) is 18.7. The van der Waals surface area contributed by atoms with Crippen molar-refractivity contribution in [3.63, 3.8) is 0 Å². The summed E-state index contributed by atoms with van der Waals surface area (Å²) in [7, 11) is 0. The molecule has 0 aliphatic carbocycles. The van der Waals surface area contributed by atoms with Crippen molar-refractivity contribution in [2.75, 3.05) is 5.32 Å². The molecule has 1 aromatic heterocycles. The predicted molar refractivity (Wildman–Crippen MR) is 94.2 cm³/mol. The lowest BCUT2D eigenvalue weighted by atomic mass is 10.1. The van der Waals surface area contributed by atoms with Gasteiger partial charge in [0.05, 0.1) is 11.6 Å². The first-order chi connectivity index (χ1) is 12.7. The second-order valence-electron chi connectivity index (χ2n) is 5.97. The minimum atomic E-state index is -4.70. The molecule has 1 heterocycles. The Morgan fingerprint density at radius 2 is 1.81 bits per heavy atom. The van der Waals surface area contributed by atoms with Crippen LogP contribution in [0.3, 0.4) is 0 Å². The zero-order chi connectivity index (χ0) is 19.6. The van der Waals surface area contributed by atoms with Gasteiger partial charge in [0, 0.05) is 23.2 Å². The smallest absolute Gasteiger partial charge is 0.417 e. The van der Waals surface area contributed by atoms with E-state index in [1.165, 1.54) is 12.1 Å². The number of rotatable bonds is 4. The van der Waals surface area contributed by atoms with Crippen LogP contribution in [0.15, 0.2) is 63.8 Å². The summed E-state index contributed by atoms with van der Waals surface area (Å²) in [5.74, 6) is -0.507. The van der Waals surface area contributed by atoms with Crippen molar-refractivity contribution in [1.29, 1.82) is 0 Å². The molecule has 0 unspecified atom stereocenters. The van der Waals surface area contributed by atoms with Crippen molar-refractivity contribution in [2.45, 2.75) is 18.6 Å². The number of fused-ring (bicyclic) bond motifs is 1. The Hall–Kier alpha value is -3.13. The Morgan fingerprint density at radius 3 is 2.48 bits per heavy atom. The summed E-state index contributed by atoms with van der Waals surface area (Å²) in [4.78, 5) is 23.7. The lowest BCUT2D eigenvalue weighted by Crippen LogP contribution is -2.37. The van der Waals surface area contributed by atoms with E-state index >= 15 is 0 Å². The van der Waals surface area contributed by atoms with E-state index in [9.17, 15) is 22.8 Å². The summed E-state index contributed by atoms with van der Waals surface area (Å²) < 4.78 is 44.0. The molecule has 1 atom stereocenters. The summed E-state index contributed by atoms with van der Waals surface area (Å²) in [5, 5.41) is 2.25. The average molecular weight is 376 g/mol. The van der Waals surface area contributed by atoms with Gasteiger partial charge in [-0.25, -0.2) is 4.79 Å². The van der Waals surface area contributed by atoms with Crippen LogP contribution in [0.1, 0.15) is 11.1 Å². The van der Waals surface area contributed by atoms with Gasteiger partial charge in [-0.15, -0.1) is 0 Å². The summed E-state index contributed by atoms with van der Waals surface area (Å²) in [5.41, 5.74) is 4.44. The molecule has 140 valence electrons. The van der Waals surface area contributed by atoms with E-state index in [1.54, 1.807) is 0 Å². The second-order valence-corrected chi connectivity index (χ2v) is 5.97. The number of carbonyl (C=O) groups excluding carboxylic acids is 1. The van der Waals surface area contributed by atoms with Crippen LogP contribution in [0.2, 0.25) is 0 Å². The quantitative estimate of drug-likeness (QED) is 0.684. The highest BCUT2D eigenvalue weighted by Gasteiger charge is 2.33. The van der Waals surface area contributed by atoms with Crippen LogP contribution >= 0.6 is 0 Å². The molecule has 3 N–H and O–H groups in total. The van der Waals surface area contributed by atoms with Crippen molar-refractivity contribution in [1.82, 2.24) is 0 Å². The third-order valence-corrected chi connectivity index (χ3v) is 3.95. The molecular weight excluding hydrogens is 361 g/mol. The van der Waals surface area contributed by atoms with Crippen LogP contribution in [0.4, 0.5) is 18.9 Å². The SMILES string of the molecule is N[C@H](Cc1ccccc1)C(=O)Nc1ccc2c(C(F)(F)F)cc(=O)oc2c1. The number of carbonyl (C=O) groups is 1. The van der Waals surface area contributed by atoms with E-state index in [0.717, 1.165) is 11.6 Å². The Morgan fingerprint density at radius 1 is 1.11 bits per heavy atom. The van der Waals surface area contributed by atoms with Crippen molar-refractivity contribution in [3.8, 4) is 0 Å². The third kappa shape index (κ3) is 4.35. The van der Waals surface area contributed by atoms with Crippen molar-refractivity contribution >= 4 is 22.6 Å². The molecule has 0 bridgehead atoms. The zero-order valence-corrected chi connectivity index (χ0v) is 13.9. The summed E-state index contributed by atoms with van der Waals surface area (Å²) in [6, 6.07) is 12.3. The molecule has 0 saturated heterocycles. The molecule has 1 amide bonds. The third-order valence-electron chi connectivity index (χ3n) is 3.95. The Labute approximate surface area is 151 Å². The minimum Gasteiger partial charge on any atom is -0.423 e.